The van der Waals surface area contributed by atoms with E-state index in [-0.39, 0.29) is 11.3 Å². The first-order valence-electron chi connectivity index (χ1n) is 12.6. The summed E-state index contributed by atoms with van der Waals surface area (Å²) in [6.07, 6.45) is 5.92. The van der Waals surface area contributed by atoms with Gasteiger partial charge >= 0.3 is 0 Å². The van der Waals surface area contributed by atoms with Gasteiger partial charge < -0.3 is 19.3 Å². The predicted molar refractivity (Wildman–Crippen MR) is 144 cm³/mol. The third-order valence-corrected chi connectivity index (χ3v) is 6.65. The second-order valence-electron chi connectivity index (χ2n) is 9.36. The maximum absolute atomic E-state index is 13.2. The van der Waals surface area contributed by atoms with Gasteiger partial charge in [-0.25, -0.2) is 4.98 Å². The highest BCUT2D eigenvalue weighted by Gasteiger charge is 2.45. The molecule has 1 aromatic heterocycles. The molecule has 0 spiro atoms. The first-order valence-corrected chi connectivity index (χ1v) is 12.6. The van der Waals surface area contributed by atoms with E-state index >= 15 is 0 Å². The van der Waals surface area contributed by atoms with Crippen molar-refractivity contribution >= 4 is 17.4 Å². The number of benzene rings is 3. The number of aliphatic hydroxyl groups excluding tert-OH is 1. The average Bonchev–Trinajstić information content (AvgIpc) is 3.55. The minimum atomic E-state index is -0.682. The van der Waals surface area contributed by atoms with Crippen LogP contribution in [0, 0.1) is 6.92 Å². The Morgan fingerprint density at radius 2 is 1.76 bits per heavy atom. The zero-order valence-electron chi connectivity index (χ0n) is 21.2. The van der Waals surface area contributed by atoms with Crippen molar-refractivity contribution in [2.45, 2.75) is 32.5 Å². The van der Waals surface area contributed by atoms with E-state index in [9.17, 15) is 14.7 Å². The van der Waals surface area contributed by atoms with Gasteiger partial charge in [-0.3, -0.25) is 9.59 Å². The first-order chi connectivity index (χ1) is 18.5. The van der Waals surface area contributed by atoms with Gasteiger partial charge in [0.1, 0.15) is 18.1 Å². The molecule has 3 aromatic carbocycles. The summed E-state index contributed by atoms with van der Waals surface area (Å²) in [7, 11) is 0. The summed E-state index contributed by atoms with van der Waals surface area (Å²) in [4.78, 5) is 31.9. The highest BCUT2D eigenvalue weighted by Crippen LogP contribution is 2.39. The van der Waals surface area contributed by atoms with Gasteiger partial charge in [-0.05, 0) is 48.7 Å². The van der Waals surface area contributed by atoms with Crippen LogP contribution in [-0.4, -0.2) is 37.8 Å². The smallest absolute Gasteiger partial charge is 0.295 e. The Morgan fingerprint density at radius 3 is 2.47 bits per heavy atom. The summed E-state index contributed by atoms with van der Waals surface area (Å²) in [5.74, 6) is -0.843. The van der Waals surface area contributed by atoms with Crippen molar-refractivity contribution in [2.75, 3.05) is 6.54 Å². The van der Waals surface area contributed by atoms with Gasteiger partial charge in [0.05, 0.1) is 17.9 Å². The molecule has 1 N–H and O–H groups in total. The Morgan fingerprint density at radius 1 is 0.974 bits per heavy atom. The van der Waals surface area contributed by atoms with Crippen LogP contribution in [0.2, 0.25) is 0 Å². The standard InChI is InChI=1S/C31H29N3O4/c1-22-7-5-8-23(19-22)20-38-26-13-11-25(12-14-26)29(35)27-28(24-9-3-2-4-10-24)34(31(37)30(27)36)17-6-16-33-18-15-32-21-33/h2-5,7-15,18-19,21,28,35H,6,16-17,20H2,1H3/t28-/m0/s1. The maximum Gasteiger partial charge on any atom is 0.295 e. The SMILES string of the molecule is Cc1cccc(COc2ccc(C(O)=C3C(=O)C(=O)N(CCCn4ccnc4)[C@H]3c3ccccc3)cc2)c1. The predicted octanol–water partition coefficient (Wildman–Crippen LogP) is 5.28. The van der Waals surface area contributed by atoms with E-state index in [1.54, 1.807) is 41.7 Å². The molecule has 0 bridgehead atoms. The van der Waals surface area contributed by atoms with Crippen LogP contribution in [-0.2, 0) is 22.7 Å². The molecule has 4 aromatic rings. The molecule has 7 heteroatoms. The fraction of sp³-hybridized carbons (Fsp3) is 0.194. The van der Waals surface area contributed by atoms with Crippen LogP contribution < -0.4 is 4.74 Å². The normalized spacial score (nSPS) is 16.7. The van der Waals surface area contributed by atoms with Gasteiger partial charge in [0.15, 0.2) is 0 Å². The first kappa shape index (κ1) is 25.0. The fourth-order valence-electron chi connectivity index (χ4n) is 4.77. The number of Topliss-reactive ketones (excluding diaryl/α,β-unsaturated/α-hetero) is 1. The lowest BCUT2D eigenvalue weighted by Crippen LogP contribution is -2.31. The highest BCUT2D eigenvalue weighted by molar-refractivity contribution is 6.46. The molecule has 0 unspecified atom stereocenters. The molecule has 0 radical (unpaired) electrons. The van der Waals surface area contributed by atoms with E-state index in [0.29, 0.717) is 37.4 Å². The lowest BCUT2D eigenvalue weighted by Gasteiger charge is -2.25. The number of carbonyl (C=O) groups excluding carboxylic acids is 2. The number of rotatable bonds is 9. The summed E-state index contributed by atoms with van der Waals surface area (Å²) >= 11 is 0. The second kappa shape index (κ2) is 11.2. The van der Waals surface area contributed by atoms with Crippen molar-refractivity contribution in [3.05, 3.63) is 125 Å². The minimum Gasteiger partial charge on any atom is -0.507 e. The number of hydrogen-bond donors (Lipinski definition) is 1. The number of carbonyl (C=O) groups is 2. The second-order valence-corrected chi connectivity index (χ2v) is 9.36. The number of imidazole rings is 1. The van der Waals surface area contributed by atoms with Crippen LogP contribution in [0.15, 0.2) is 103 Å². The van der Waals surface area contributed by atoms with Gasteiger partial charge in [-0.2, -0.15) is 0 Å². The monoisotopic (exact) mass is 507 g/mol. The highest BCUT2D eigenvalue weighted by atomic mass is 16.5. The van der Waals surface area contributed by atoms with Crippen LogP contribution in [0.1, 0.15) is 34.7 Å². The van der Waals surface area contributed by atoms with E-state index in [1.165, 1.54) is 0 Å². The van der Waals surface area contributed by atoms with Crippen LogP contribution >= 0.6 is 0 Å². The molecule has 1 atom stereocenters. The number of aryl methyl sites for hydroxylation is 2. The lowest BCUT2D eigenvalue weighted by molar-refractivity contribution is -0.139. The van der Waals surface area contributed by atoms with Crippen LogP contribution in [0.4, 0.5) is 0 Å². The van der Waals surface area contributed by atoms with E-state index in [0.717, 1.165) is 16.7 Å². The minimum absolute atomic E-state index is 0.0947. The molecular weight excluding hydrogens is 478 g/mol. The van der Waals surface area contributed by atoms with Crippen molar-refractivity contribution in [1.29, 1.82) is 0 Å². The van der Waals surface area contributed by atoms with Gasteiger partial charge in [0.2, 0.25) is 0 Å². The zero-order valence-corrected chi connectivity index (χ0v) is 21.2. The van der Waals surface area contributed by atoms with E-state index in [2.05, 4.69) is 11.1 Å². The van der Waals surface area contributed by atoms with Crippen molar-refractivity contribution in [2.24, 2.45) is 0 Å². The lowest BCUT2D eigenvalue weighted by atomic mass is 9.95. The van der Waals surface area contributed by atoms with E-state index in [1.807, 2.05) is 66.2 Å². The molecule has 38 heavy (non-hydrogen) atoms. The molecule has 1 saturated heterocycles. The fourth-order valence-corrected chi connectivity index (χ4v) is 4.77. The number of nitrogens with zero attached hydrogens (tertiary/aromatic N) is 3. The molecule has 0 saturated carbocycles. The number of ketones is 1. The molecule has 192 valence electrons. The summed E-state index contributed by atoms with van der Waals surface area (Å²) in [6, 6.07) is 23.7. The zero-order chi connectivity index (χ0) is 26.5. The molecule has 7 nitrogen and oxygen atoms in total. The van der Waals surface area contributed by atoms with Gasteiger partial charge in [0.25, 0.3) is 11.7 Å². The molecule has 0 aliphatic carbocycles. The Hall–Kier alpha value is -4.65. The number of amides is 1. The van der Waals surface area contributed by atoms with E-state index < -0.39 is 17.7 Å². The Bertz CT molecular complexity index is 1440. The molecule has 2 heterocycles. The molecule has 5 rings (SSSR count). The number of aromatic nitrogens is 2. The largest absolute Gasteiger partial charge is 0.507 e. The number of aliphatic hydroxyl groups is 1. The number of ether oxygens (including phenoxy) is 1. The van der Waals surface area contributed by atoms with Crippen molar-refractivity contribution in [1.82, 2.24) is 14.5 Å². The maximum atomic E-state index is 13.2. The van der Waals surface area contributed by atoms with Crippen molar-refractivity contribution < 1.29 is 19.4 Å². The Balaban J connectivity index is 1.39. The van der Waals surface area contributed by atoms with E-state index in [4.69, 9.17) is 4.74 Å². The molecule has 1 fully saturated rings. The molecular formula is C31H29N3O4. The molecule has 1 aliphatic rings. The van der Waals surface area contributed by atoms with Crippen LogP contribution in [0.5, 0.6) is 5.75 Å². The number of likely N-dealkylation sites (tertiary alicyclic amines) is 1. The van der Waals surface area contributed by atoms with Gasteiger partial charge in [-0.1, -0.05) is 60.2 Å². The third-order valence-electron chi connectivity index (χ3n) is 6.65. The van der Waals surface area contributed by atoms with Gasteiger partial charge in [0, 0.05) is 31.0 Å². The molecule has 1 aliphatic heterocycles. The molecule has 1 amide bonds. The summed E-state index contributed by atoms with van der Waals surface area (Å²) < 4.78 is 7.82. The average molecular weight is 508 g/mol. The topological polar surface area (TPSA) is 84.7 Å². The Labute approximate surface area is 221 Å². The summed E-state index contributed by atoms with van der Waals surface area (Å²) in [6.45, 7) is 3.48. The Kier molecular flexibility index (Phi) is 7.35. The van der Waals surface area contributed by atoms with Crippen molar-refractivity contribution in [3.63, 3.8) is 0 Å². The van der Waals surface area contributed by atoms with Crippen molar-refractivity contribution in [3.8, 4) is 5.75 Å². The third kappa shape index (κ3) is 5.37. The van der Waals surface area contributed by atoms with Gasteiger partial charge in [-0.15, -0.1) is 0 Å². The van der Waals surface area contributed by atoms with Crippen LogP contribution in [0.3, 0.4) is 0 Å². The quantitative estimate of drug-likeness (QED) is 0.189. The number of hydrogen-bond acceptors (Lipinski definition) is 5. The summed E-state index contributed by atoms with van der Waals surface area (Å²) in [5.41, 5.74) is 3.54. The van der Waals surface area contributed by atoms with Crippen LogP contribution in [0.25, 0.3) is 5.76 Å². The summed E-state index contributed by atoms with van der Waals surface area (Å²) in [5, 5.41) is 11.3.